The fourth-order valence-corrected chi connectivity index (χ4v) is 4.07. The summed E-state index contributed by atoms with van der Waals surface area (Å²) in [5.74, 6) is 0.935. The molecule has 3 aromatic rings. The monoisotopic (exact) mass is 607 g/mol. The van der Waals surface area contributed by atoms with Crippen molar-refractivity contribution in [1.82, 2.24) is 9.66 Å². The van der Waals surface area contributed by atoms with Gasteiger partial charge in [-0.2, -0.15) is 9.78 Å². The van der Waals surface area contributed by atoms with Crippen molar-refractivity contribution >= 4 is 54.9 Å². The average molecular weight is 609 g/mol. The Morgan fingerprint density at radius 1 is 1.14 bits per heavy atom. The molecule has 0 radical (unpaired) electrons. The van der Waals surface area contributed by atoms with Crippen molar-refractivity contribution < 1.29 is 19.0 Å². The van der Waals surface area contributed by atoms with Gasteiger partial charge in [0.1, 0.15) is 5.82 Å². The molecular formula is C25H27Br2N3O5. The van der Waals surface area contributed by atoms with Gasteiger partial charge >= 0.3 is 5.97 Å². The zero-order chi connectivity index (χ0) is 25.5. The summed E-state index contributed by atoms with van der Waals surface area (Å²) in [6, 6.07) is 8.84. The first-order valence-corrected chi connectivity index (χ1v) is 12.9. The number of aryl methyl sites for hydroxylation is 1. The van der Waals surface area contributed by atoms with E-state index in [-0.39, 0.29) is 18.3 Å². The fraction of sp³-hybridized carbons (Fsp3) is 0.360. The molecule has 0 spiro atoms. The van der Waals surface area contributed by atoms with Gasteiger partial charge in [0, 0.05) is 20.9 Å². The highest BCUT2D eigenvalue weighted by atomic mass is 79.9. The van der Waals surface area contributed by atoms with E-state index in [1.54, 1.807) is 38.3 Å². The lowest BCUT2D eigenvalue weighted by atomic mass is 10.2. The Labute approximate surface area is 220 Å². The van der Waals surface area contributed by atoms with Crippen LogP contribution in [0.5, 0.6) is 11.5 Å². The molecule has 0 aliphatic rings. The predicted octanol–water partition coefficient (Wildman–Crippen LogP) is 5.49. The number of ether oxygens (including phenoxy) is 3. The minimum Gasteiger partial charge on any atom is -0.490 e. The summed E-state index contributed by atoms with van der Waals surface area (Å²) in [4.78, 5) is 29.7. The van der Waals surface area contributed by atoms with Crippen molar-refractivity contribution in [3.8, 4) is 11.5 Å². The Morgan fingerprint density at radius 3 is 2.57 bits per heavy atom. The minimum absolute atomic E-state index is 0.227. The van der Waals surface area contributed by atoms with Crippen LogP contribution in [0.4, 0.5) is 0 Å². The molecule has 2 aromatic carbocycles. The predicted molar refractivity (Wildman–Crippen MR) is 143 cm³/mol. The van der Waals surface area contributed by atoms with Gasteiger partial charge in [-0.1, -0.05) is 22.9 Å². The van der Waals surface area contributed by atoms with Gasteiger partial charge in [-0.05, 0) is 73.5 Å². The van der Waals surface area contributed by atoms with Crippen molar-refractivity contribution in [2.24, 2.45) is 5.10 Å². The number of nitrogens with zero attached hydrogens (tertiary/aromatic N) is 3. The van der Waals surface area contributed by atoms with E-state index in [0.717, 1.165) is 10.9 Å². The number of fused-ring (bicyclic) bond motifs is 1. The number of carbonyl (C=O) groups is 1. The molecule has 186 valence electrons. The smallest absolute Gasteiger partial charge is 0.344 e. The molecule has 3 rings (SSSR count). The number of benzene rings is 2. The Balaban J connectivity index is 1.98. The van der Waals surface area contributed by atoms with Crippen LogP contribution in [0.1, 0.15) is 45.5 Å². The molecule has 1 heterocycles. The van der Waals surface area contributed by atoms with Gasteiger partial charge in [-0.3, -0.25) is 4.79 Å². The lowest BCUT2D eigenvalue weighted by molar-refractivity contribution is -0.149. The minimum atomic E-state index is -0.470. The maximum absolute atomic E-state index is 13.2. The van der Waals surface area contributed by atoms with E-state index in [9.17, 15) is 9.59 Å². The number of carbonyl (C=O) groups excluding carboxylic acids is 1. The van der Waals surface area contributed by atoms with Gasteiger partial charge in [0.2, 0.25) is 0 Å². The number of esters is 1. The number of rotatable bonds is 10. The third-order valence-electron chi connectivity index (χ3n) is 4.74. The van der Waals surface area contributed by atoms with Crippen molar-refractivity contribution in [2.75, 3.05) is 13.2 Å². The first-order valence-electron chi connectivity index (χ1n) is 11.3. The summed E-state index contributed by atoms with van der Waals surface area (Å²) in [5.41, 5.74) is 1.04. The van der Waals surface area contributed by atoms with Crippen LogP contribution in [0.25, 0.3) is 10.9 Å². The van der Waals surface area contributed by atoms with Crippen molar-refractivity contribution in [3.05, 3.63) is 61.0 Å². The summed E-state index contributed by atoms with van der Waals surface area (Å²) < 4.78 is 19.2. The highest BCUT2D eigenvalue weighted by molar-refractivity contribution is 9.10. The number of hydrogen-bond donors (Lipinski definition) is 0. The molecule has 0 N–H and O–H groups in total. The summed E-state index contributed by atoms with van der Waals surface area (Å²) in [7, 11) is 0. The Morgan fingerprint density at radius 2 is 1.89 bits per heavy atom. The topological polar surface area (TPSA) is 92.0 Å². The molecule has 8 nitrogen and oxygen atoms in total. The van der Waals surface area contributed by atoms with Crippen LogP contribution >= 0.6 is 31.9 Å². The quantitative estimate of drug-likeness (QED) is 0.223. The van der Waals surface area contributed by atoms with Crippen molar-refractivity contribution in [2.45, 2.75) is 46.6 Å². The van der Waals surface area contributed by atoms with Crippen molar-refractivity contribution in [1.29, 1.82) is 0 Å². The van der Waals surface area contributed by atoms with Crippen LogP contribution in [0.3, 0.4) is 0 Å². The average Bonchev–Trinajstić information content (AvgIpc) is 2.80. The first-order chi connectivity index (χ1) is 16.7. The Hall–Kier alpha value is -2.72. The fourth-order valence-electron chi connectivity index (χ4n) is 3.28. The van der Waals surface area contributed by atoms with Gasteiger partial charge in [0.05, 0.1) is 29.8 Å². The summed E-state index contributed by atoms with van der Waals surface area (Å²) in [6.45, 7) is 7.57. The van der Waals surface area contributed by atoms with Gasteiger partial charge in [0.25, 0.3) is 5.56 Å². The summed E-state index contributed by atoms with van der Waals surface area (Å²) in [6.07, 6.45) is 2.75. The molecule has 0 saturated heterocycles. The van der Waals surface area contributed by atoms with Crippen LogP contribution in [-0.4, -0.2) is 41.2 Å². The molecule has 0 unspecified atom stereocenters. The van der Waals surface area contributed by atoms with E-state index in [1.165, 1.54) is 4.68 Å². The number of halogens is 2. The molecule has 0 aliphatic carbocycles. The van der Waals surface area contributed by atoms with Gasteiger partial charge < -0.3 is 14.2 Å². The second-order valence-electron chi connectivity index (χ2n) is 7.88. The highest BCUT2D eigenvalue weighted by Crippen LogP contribution is 2.33. The highest BCUT2D eigenvalue weighted by Gasteiger charge is 2.14. The molecule has 1 aromatic heterocycles. The summed E-state index contributed by atoms with van der Waals surface area (Å²) in [5, 5.41) is 4.95. The van der Waals surface area contributed by atoms with Crippen LogP contribution < -0.4 is 15.0 Å². The van der Waals surface area contributed by atoms with Crippen LogP contribution in [0, 0.1) is 0 Å². The second-order valence-corrected chi connectivity index (χ2v) is 9.65. The molecule has 0 atom stereocenters. The zero-order valence-electron chi connectivity index (χ0n) is 20.0. The van der Waals surface area contributed by atoms with E-state index in [2.05, 4.69) is 41.9 Å². The summed E-state index contributed by atoms with van der Waals surface area (Å²) >= 11 is 6.93. The lowest BCUT2D eigenvalue weighted by Gasteiger charge is -2.14. The SMILES string of the molecule is CCCc1nc2ccc(Br)cc2c(=O)n1N=Cc1cc(OCC)c(OCC(=O)OC(C)C)cc1Br. The van der Waals surface area contributed by atoms with Crippen molar-refractivity contribution in [3.63, 3.8) is 0 Å². The third-order valence-corrected chi connectivity index (χ3v) is 5.92. The molecule has 0 aliphatic heterocycles. The van der Waals surface area contributed by atoms with E-state index >= 15 is 0 Å². The van der Waals surface area contributed by atoms with E-state index in [1.807, 2.05) is 26.0 Å². The van der Waals surface area contributed by atoms with E-state index in [4.69, 9.17) is 14.2 Å². The molecular weight excluding hydrogens is 582 g/mol. The molecule has 0 bridgehead atoms. The van der Waals surface area contributed by atoms with Crippen LogP contribution in [0.2, 0.25) is 0 Å². The number of aromatic nitrogens is 2. The zero-order valence-corrected chi connectivity index (χ0v) is 23.2. The van der Waals surface area contributed by atoms with Gasteiger partial charge in [0.15, 0.2) is 18.1 Å². The molecule has 35 heavy (non-hydrogen) atoms. The normalized spacial score (nSPS) is 11.4. The maximum atomic E-state index is 13.2. The molecule has 0 amide bonds. The first kappa shape index (κ1) is 26.9. The van der Waals surface area contributed by atoms with Gasteiger partial charge in [-0.25, -0.2) is 9.78 Å². The van der Waals surface area contributed by atoms with Crippen LogP contribution in [-0.2, 0) is 16.0 Å². The number of hydrogen-bond acceptors (Lipinski definition) is 7. The van der Waals surface area contributed by atoms with E-state index < -0.39 is 5.97 Å². The lowest BCUT2D eigenvalue weighted by Crippen LogP contribution is -2.22. The second kappa shape index (κ2) is 12.3. The molecule has 0 saturated carbocycles. The standard InChI is InChI=1S/C25H27Br2N3O5/c1-5-7-23-29-20-9-8-17(26)11-18(20)25(32)30(23)28-13-16-10-21(33-6-2)22(12-19(16)27)34-14-24(31)35-15(3)4/h8-13,15H,5-7,14H2,1-4H3. The molecule has 0 fully saturated rings. The van der Waals surface area contributed by atoms with Gasteiger partial charge in [-0.15, -0.1) is 0 Å². The maximum Gasteiger partial charge on any atom is 0.344 e. The van der Waals surface area contributed by atoms with Crippen LogP contribution in [0.15, 0.2) is 49.2 Å². The Kier molecular flexibility index (Phi) is 9.45. The molecule has 10 heteroatoms. The van der Waals surface area contributed by atoms with E-state index in [0.29, 0.717) is 51.3 Å². The third kappa shape index (κ3) is 6.91. The largest absolute Gasteiger partial charge is 0.490 e. The Bertz CT molecular complexity index is 1300.